The zero-order valence-corrected chi connectivity index (χ0v) is 9.26. The Labute approximate surface area is 94.5 Å². The van der Waals surface area contributed by atoms with E-state index in [4.69, 9.17) is 5.73 Å². The molecule has 4 nitrogen and oxygen atoms in total. The highest BCUT2D eigenvalue weighted by Gasteiger charge is 2.20. The van der Waals surface area contributed by atoms with E-state index in [0.29, 0.717) is 11.6 Å². The molecular formula is C12H16N4. The summed E-state index contributed by atoms with van der Waals surface area (Å²) in [5, 5.41) is 8.49. The molecule has 0 atom stereocenters. The first-order valence-corrected chi connectivity index (χ1v) is 5.95. The maximum absolute atomic E-state index is 5.88. The van der Waals surface area contributed by atoms with Crippen LogP contribution >= 0.6 is 0 Å². The van der Waals surface area contributed by atoms with Gasteiger partial charge in [-0.25, -0.2) is 0 Å². The van der Waals surface area contributed by atoms with Crippen LogP contribution in [0, 0.1) is 0 Å². The highest BCUT2D eigenvalue weighted by atomic mass is 15.3. The second-order valence-corrected chi connectivity index (χ2v) is 4.55. The van der Waals surface area contributed by atoms with Crippen molar-refractivity contribution >= 4 is 11.3 Å². The van der Waals surface area contributed by atoms with Crippen LogP contribution < -0.4 is 5.73 Å². The van der Waals surface area contributed by atoms with E-state index in [2.05, 4.69) is 10.2 Å². The number of rotatable bonds is 1. The molecule has 84 valence electrons. The lowest BCUT2D eigenvalue weighted by Crippen LogP contribution is -2.08. The minimum atomic E-state index is 0.561. The predicted molar refractivity (Wildman–Crippen MR) is 63.2 cm³/mol. The molecule has 0 saturated heterocycles. The van der Waals surface area contributed by atoms with Crippen LogP contribution in [0.2, 0.25) is 0 Å². The standard InChI is InChI=1S/C12H16N4/c13-10-7-4-8-16-11(14-15-12(10)16)9-5-2-1-3-6-9/h4,7-9H,1-3,5-6,13H2. The Hall–Kier alpha value is -1.58. The van der Waals surface area contributed by atoms with E-state index in [1.54, 1.807) is 0 Å². The van der Waals surface area contributed by atoms with E-state index >= 15 is 0 Å². The molecule has 0 unspecified atom stereocenters. The van der Waals surface area contributed by atoms with Crippen LogP contribution in [0.15, 0.2) is 18.3 Å². The van der Waals surface area contributed by atoms with Crippen LogP contribution in [0.1, 0.15) is 43.8 Å². The van der Waals surface area contributed by atoms with E-state index in [9.17, 15) is 0 Å². The summed E-state index contributed by atoms with van der Waals surface area (Å²) in [5.41, 5.74) is 7.38. The molecule has 4 heteroatoms. The molecule has 0 spiro atoms. The third kappa shape index (κ3) is 1.45. The summed E-state index contributed by atoms with van der Waals surface area (Å²) in [5.74, 6) is 1.65. The molecular weight excluding hydrogens is 200 g/mol. The molecule has 2 aromatic heterocycles. The van der Waals surface area contributed by atoms with Gasteiger partial charge in [-0.05, 0) is 25.0 Å². The highest BCUT2D eigenvalue weighted by molar-refractivity contribution is 5.63. The molecule has 2 N–H and O–H groups in total. The topological polar surface area (TPSA) is 56.2 Å². The molecule has 1 aliphatic carbocycles. The molecule has 0 radical (unpaired) electrons. The number of hydrogen-bond donors (Lipinski definition) is 1. The zero-order chi connectivity index (χ0) is 11.0. The van der Waals surface area contributed by atoms with Gasteiger partial charge in [0.2, 0.25) is 0 Å². The van der Waals surface area contributed by atoms with E-state index in [-0.39, 0.29) is 0 Å². The molecule has 1 fully saturated rings. The van der Waals surface area contributed by atoms with Gasteiger partial charge in [0, 0.05) is 12.1 Å². The Kier molecular flexibility index (Phi) is 2.27. The van der Waals surface area contributed by atoms with Crippen LogP contribution in [0.4, 0.5) is 5.69 Å². The van der Waals surface area contributed by atoms with Crippen molar-refractivity contribution in [1.29, 1.82) is 0 Å². The Bertz CT molecular complexity index is 497. The summed E-state index contributed by atoms with van der Waals surface area (Å²) in [6, 6.07) is 3.83. The number of nitrogens with two attached hydrogens (primary N) is 1. The lowest BCUT2D eigenvalue weighted by Gasteiger charge is -2.19. The third-order valence-electron chi connectivity index (χ3n) is 3.46. The van der Waals surface area contributed by atoms with Crippen molar-refractivity contribution < 1.29 is 0 Å². The maximum Gasteiger partial charge on any atom is 0.183 e. The fourth-order valence-electron chi connectivity index (χ4n) is 2.59. The molecule has 2 aromatic rings. The Balaban J connectivity index is 2.06. The average molecular weight is 216 g/mol. The molecule has 16 heavy (non-hydrogen) atoms. The van der Waals surface area contributed by atoms with Gasteiger partial charge in [-0.15, -0.1) is 10.2 Å². The van der Waals surface area contributed by atoms with Crippen LogP contribution in [0.5, 0.6) is 0 Å². The number of nitrogens with zero attached hydrogens (tertiary/aromatic N) is 3. The number of pyridine rings is 1. The van der Waals surface area contributed by atoms with Crippen molar-refractivity contribution in [2.75, 3.05) is 5.73 Å². The second kappa shape index (κ2) is 3.77. The van der Waals surface area contributed by atoms with Crippen molar-refractivity contribution in [3.63, 3.8) is 0 Å². The van der Waals surface area contributed by atoms with E-state index in [1.807, 2.05) is 22.7 Å². The SMILES string of the molecule is Nc1cccn2c(C3CCCCC3)nnc12. The van der Waals surface area contributed by atoms with Crippen molar-refractivity contribution in [2.45, 2.75) is 38.0 Å². The van der Waals surface area contributed by atoms with Gasteiger partial charge >= 0.3 is 0 Å². The van der Waals surface area contributed by atoms with E-state index < -0.39 is 0 Å². The fourth-order valence-corrected chi connectivity index (χ4v) is 2.59. The number of fused-ring (bicyclic) bond motifs is 1. The lowest BCUT2D eigenvalue weighted by atomic mass is 9.89. The van der Waals surface area contributed by atoms with Gasteiger partial charge in [0.05, 0.1) is 5.69 Å². The smallest absolute Gasteiger partial charge is 0.183 e. The average Bonchev–Trinajstić information content (AvgIpc) is 2.75. The van der Waals surface area contributed by atoms with Gasteiger partial charge in [0.1, 0.15) is 5.82 Å². The highest BCUT2D eigenvalue weighted by Crippen LogP contribution is 2.32. The maximum atomic E-state index is 5.88. The molecule has 1 aliphatic rings. The van der Waals surface area contributed by atoms with E-state index in [0.717, 1.165) is 11.5 Å². The van der Waals surface area contributed by atoms with Gasteiger partial charge in [-0.1, -0.05) is 19.3 Å². The summed E-state index contributed by atoms with van der Waals surface area (Å²) >= 11 is 0. The Morgan fingerprint density at radius 1 is 1.19 bits per heavy atom. The van der Waals surface area contributed by atoms with Gasteiger partial charge < -0.3 is 5.73 Å². The summed E-state index contributed by atoms with van der Waals surface area (Å²) in [6.45, 7) is 0. The first-order chi connectivity index (χ1) is 7.86. The summed E-state index contributed by atoms with van der Waals surface area (Å²) < 4.78 is 2.05. The first kappa shape index (κ1) is 9.63. The lowest BCUT2D eigenvalue weighted by molar-refractivity contribution is 0.426. The molecule has 0 aliphatic heterocycles. The van der Waals surface area contributed by atoms with Crippen molar-refractivity contribution in [3.8, 4) is 0 Å². The van der Waals surface area contributed by atoms with Gasteiger partial charge in [-0.3, -0.25) is 4.40 Å². The summed E-state index contributed by atoms with van der Waals surface area (Å²) in [7, 11) is 0. The molecule has 0 aromatic carbocycles. The number of aromatic nitrogens is 3. The molecule has 1 saturated carbocycles. The normalized spacial score (nSPS) is 18.0. The van der Waals surface area contributed by atoms with E-state index in [1.165, 1.54) is 32.1 Å². The second-order valence-electron chi connectivity index (χ2n) is 4.55. The van der Waals surface area contributed by atoms with Gasteiger partial charge in [0.25, 0.3) is 0 Å². The van der Waals surface area contributed by atoms with Crippen molar-refractivity contribution in [3.05, 3.63) is 24.2 Å². The quantitative estimate of drug-likeness (QED) is 0.796. The van der Waals surface area contributed by atoms with Crippen LogP contribution in [0.25, 0.3) is 5.65 Å². The first-order valence-electron chi connectivity index (χ1n) is 5.95. The number of hydrogen-bond acceptors (Lipinski definition) is 3. The zero-order valence-electron chi connectivity index (χ0n) is 9.26. The molecule has 3 rings (SSSR count). The Morgan fingerprint density at radius 3 is 2.81 bits per heavy atom. The summed E-state index contributed by atoms with van der Waals surface area (Å²) in [4.78, 5) is 0. The van der Waals surface area contributed by atoms with Crippen molar-refractivity contribution in [2.24, 2.45) is 0 Å². The minimum absolute atomic E-state index is 0.561. The summed E-state index contributed by atoms with van der Waals surface area (Å²) in [6.07, 6.45) is 8.44. The number of nitrogen functional groups attached to an aromatic ring is 1. The van der Waals surface area contributed by atoms with Crippen molar-refractivity contribution in [1.82, 2.24) is 14.6 Å². The minimum Gasteiger partial charge on any atom is -0.396 e. The molecule has 0 bridgehead atoms. The largest absolute Gasteiger partial charge is 0.396 e. The third-order valence-corrected chi connectivity index (χ3v) is 3.46. The van der Waals surface area contributed by atoms with Gasteiger partial charge in [0.15, 0.2) is 5.65 Å². The number of anilines is 1. The fraction of sp³-hybridized carbons (Fsp3) is 0.500. The Morgan fingerprint density at radius 2 is 2.00 bits per heavy atom. The molecule has 0 amide bonds. The monoisotopic (exact) mass is 216 g/mol. The molecule has 2 heterocycles. The van der Waals surface area contributed by atoms with Crippen LogP contribution in [-0.4, -0.2) is 14.6 Å². The van der Waals surface area contributed by atoms with Crippen LogP contribution in [0.3, 0.4) is 0 Å². The van der Waals surface area contributed by atoms with Crippen LogP contribution in [-0.2, 0) is 0 Å². The van der Waals surface area contributed by atoms with Gasteiger partial charge in [-0.2, -0.15) is 0 Å². The predicted octanol–water partition coefficient (Wildman–Crippen LogP) is 2.36.